The molecule has 0 fully saturated rings. The zero-order valence-electron chi connectivity index (χ0n) is 14.1. The van der Waals surface area contributed by atoms with Gasteiger partial charge in [-0.2, -0.15) is 0 Å². The number of fused-ring (bicyclic) bond motifs is 1. The number of aromatic amines is 1. The minimum atomic E-state index is -0.391. The third kappa shape index (κ3) is 4.43. The van der Waals surface area contributed by atoms with Crippen LogP contribution in [0.1, 0.15) is 11.4 Å². The Morgan fingerprint density at radius 3 is 2.65 bits per heavy atom. The van der Waals surface area contributed by atoms with Crippen LogP contribution in [0.25, 0.3) is 17.0 Å². The van der Waals surface area contributed by atoms with Crippen molar-refractivity contribution in [2.75, 3.05) is 6.61 Å². The lowest BCUT2D eigenvalue weighted by molar-refractivity contribution is -0.117. The van der Waals surface area contributed by atoms with Crippen molar-refractivity contribution in [3.63, 3.8) is 0 Å². The van der Waals surface area contributed by atoms with Gasteiger partial charge in [-0.1, -0.05) is 42.5 Å². The molecule has 6 nitrogen and oxygen atoms in total. The molecule has 1 atom stereocenters. The Hall–Kier alpha value is -3.25. The molecule has 0 aliphatic heterocycles. The highest BCUT2D eigenvalue weighted by atomic mass is 16.3. The summed E-state index contributed by atoms with van der Waals surface area (Å²) in [5.74, 6) is -0.0664. The van der Waals surface area contributed by atoms with E-state index in [1.165, 1.54) is 12.2 Å². The highest BCUT2D eigenvalue weighted by Crippen LogP contribution is 2.06. The van der Waals surface area contributed by atoms with E-state index in [9.17, 15) is 14.7 Å². The first-order valence-electron chi connectivity index (χ1n) is 8.28. The second-order valence-electron chi connectivity index (χ2n) is 5.88. The minimum absolute atomic E-state index is 0.167. The summed E-state index contributed by atoms with van der Waals surface area (Å²) in [6.45, 7) is -0.167. The fourth-order valence-electron chi connectivity index (χ4n) is 2.65. The maximum absolute atomic E-state index is 12.1. The van der Waals surface area contributed by atoms with E-state index in [0.29, 0.717) is 23.1 Å². The van der Waals surface area contributed by atoms with Crippen molar-refractivity contribution in [3.05, 3.63) is 82.4 Å². The number of carbonyl (C=O) groups is 1. The highest BCUT2D eigenvalue weighted by Gasteiger charge is 2.10. The standard InChI is InChI=1S/C20H19N3O3/c24-13-15(12-14-6-2-1-3-7-14)21-19(25)11-10-18-22-17-9-5-4-8-16(17)20(26)23-18/h1-11,15,24H,12-13H2,(H,21,25)(H,22,23,26). The van der Waals surface area contributed by atoms with E-state index in [1.54, 1.807) is 24.3 Å². The van der Waals surface area contributed by atoms with Crippen molar-refractivity contribution < 1.29 is 9.90 Å². The molecule has 1 heterocycles. The van der Waals surface area contributed by atoms with E-state index in [2.05, 4.69) is 15.3 Å². The lowest BCUT2D eigenvalue weighted by Crippen LogP contribution is -2.38. The molecule has 0 bridgehead atoms. The van der Waals surface area contributed by atoms with Crippen LogP contribution in [0.5, 0.6) is 0 Å². The van der Waals surface area contributed by atoms with Gasteiger partial charge in [-0.05, 0) is 30.2 Å². The van der Waals surface area contributed by atoms with Crippen molar-refractivity contribution in [1.82, 2.24) is 15.3 Å². The molecule has 0 radical (unpaired) electrons. The van der Waals surface area contributed by atoms with E-state index in [0.717, 1.165) is 5.56 Å². The minimum Gasteiger partial charge on any atom is -0.394 e. The lowest BCUT2D eigenvalue weighted by Gasteiger charge is -2.15. The molecule has 6 heteroatoms. The topological polar surface area (TPSA) is 95.1 Å². The molecule has 0 aliphatic carbocycles. The summed E-state index contributed by atoms with van der Waals surface area (Å²) in [5, 5.41) is 12.7. The lowest BCUT2D eigenvalue weighted by atomic mass is 10.1. The average Bonchev–Trinajstić information content (AvgIpc) is 2.67. The summed E-state index contributed by atoms with van der Waals surface area (Å²) < 4.78 is 0. The van der Waals surface area contributed by atoms with Gasteiger partial charge in [-0.15, -0.1) is 0 Å². The smallest absolute Gasteiger partial charge is 0.259 e. The van der Waals surface area contributed by atoms with Crippen LogP contribution < -0.4 is 10.9 Å². The fraction of sp³-hybridized carbons (Fsp3) is 0.150. The number of hydrogen-bond donors (Lipinski definition) is 3. The van der Waals surface area contributed by atoms with E-state index >= 15 is 0 Å². The number of nitrogens with zero attached hydrogens (tertiary/aromatic N) is 1. The number of carbonyl (C=O) groups excluding carboxylic acids is 1. The molecule has 0 aliphatic rings. The number of rotatable bonds is 6. The van der Waals surface area contributed by atoms with Crippen LogP contribution in [0, 0.1) is 0 Å². The Balaban J connectivity index is 1.68. The first-order chi connectivity index (χ1) is 12.7. The number of amides is 1. The Kier molecular flexibility index (Phi) is 5.56. The molecular formula is C20H19N3O3. The SMILES string of the molecule is O=C(C=Cc1nc2ccccc2c(=O)[nH]1)NC(CO)Cc1ccccc1. The van der Waals surface area contributed by atoms with Crippen LogP contribution in [-0.4, -0.2) is 33.6 Å². The quantitative estimate of drug-likeness (QED) is 0.590. The summed E-state index contributed by atoms with van der Waals surface area (Å²) in [4.78, 5) is 31.0. The molecule has 0 saturated heterocycles. The van der Waals surface area contributed by atoms with Crippen LogP contribution in [0.2, 0.25) is 0 Å². The number of aromatic nitrogens is 2. The van der Waals surface area contributed by atoms with Crippen LogP contribution >= 0.6 is 0 Å². The molecule has 1 aromatic heterocycles. The third-order valence-corrected chi connectivity index (χ3v) is 3.92. The number of aliphatic hydroxyl groups excluding tert-OH is 1. The molecule has 26 heavy (non-hydrogen) atoms. The van der Waals surface area contributed by atoms with Crippen molar-refractivity contribution in [3.8, 4) is 0 Å². The summed E-state index contributed by atoms with van der Waals surface area (Å²) in [5.41, 5.74) is 1.33. The van der Waals surface area contributed by atoms with Crippen LogP contribution in [0.15, 0.2) is 65.5 Å². The van der Waals surface area contributed by atoms with Crippen LogP contribution in [0.4, 0.5) is 0 Å². The first-order valence-corrected chi connectivity index (χ1v) is 8.28. The third-order valence-electron chi connectivity index (χ3n) is 3.92. The van der Waals surface area contributed by atoms with Crippen LogP contribution in [0.3, 0.4) is 0 Å². The number of benzene rings is 2. The van der Waals surface area contributed by atoms with Crippen molar-refractivity contribution in [1.29, 1.82) is 0 Å². The summed E-state index contributed by atoms with van der Waals surface area (Å²) in [6, 6.07) is 16.2. The zero-order chi connectivity index (χ0) is 18.4. The molecule has 132 valence electrons. The molecular weight excluding hydrogens is 330 g/mol. The molecule has 0 saturated carbocycles. The van der Waals surface area contributed by atoms with Gasteiger partial charge >= 0.3 is 0 Å². The number of para-hydroxylation sites is 1. The van der Waals surface area contributed by atoms with Crippen molar-refractivity contribution >= 4 is 22.9 Å². The Labute approximate surface area is 150 Å². The Morgan fingerprint density at radius 1 is 1.15 bits per heavy atom. The maximum Gasteiger partial charge on any atom is 0.259 e. The molecule has 1 unspecified atom stereocenters. The number of hydrogen-bond acceptors (Lipinski definition) is 4. The predicted octanol–water partition coefficient (Wildman–Crippen LogP) is 1.66. The monoisotopic (exact) mass is 349 g/mol. The second-order valence-corrected chi connectivity index (χ2v) is 5.88. The normalized spacial score (nSPS) is 12.3. The van der Waals surface area contributed by atoms with E-state index in [4.69, 9.17) is 0 Å². The van der Waals surface area contributed by atoms with Gasteiger partial charge in [0.25, 0.3) is 5.56 Å². The Morgan fingerprint density at radius 2 is 1.88 bits per heavy atom. The highest BCUT2D eigenvalue weighted by molar-refractivity contribution is 5.91. The predicted molar refractivity (Wildman–Crippen MR) is 101 cm³/mol. The summed E-state index contributed by atoms with van der Waals surface area (Å²) in [6.07, 6.45) is 3.27. The van der Waals surface area contributed by atoms with Gasteiger partial charge < -0.3 is 15.4 Å². The zero-order valence-corrected chi connectivity index (χ0v) is 14.1. The van der Waals surface area contributed by atoms with Crippen molar-refractivity contribution in [2.45, 2.75) is 12.5 Å². The molecule has 0 spiro atoms. The van der Waals surface area contributed by atoms with Gasteiger partial charge in [0.15, 0.2) is 0 Å². The van der Waals surface area contributed by atoms with E-state index < -0.39 is 6.04 Å². The molecule has 1 amide bonds. The second kappa shape index (κ2) is 8.22. The molecule has 3 N–H and O–H groups in total. The first kappa shape index (κ1) is 17.6. The van der Waals surface area contributed by atoms with E-state index in [-0.39, 0.29) is 18.1 Å². The number of aliphatic hydroxyl groups is 1. The van der Waals surface area contributed by atoms with Gasteiger partial charge in [0, 0.05) is 6.08 Å². The largest absolute Gasteiger partial charge is 0.394 e. The maximum atomic E-state index is 12.1. The van der Waals surface area contributed by atoms with Crippen LogP contribution in [-0.2, 0) is 11.2 Å². The molecule has 3 aromatic rings. The Bertz CT molecular complexity index is 980. The van der Waals surface area contributed by atoms with Gasteiger partial charge in [-0.3, -0.25) is 9.59 Å². The number of H-pyrrole nitrogens is 1. The van der Waals surface area contributed by atoms with E-state index in [1.807, 2.05) is 30.3 Å². The van der Waals surface area contributed by atoms with Gasteiger partial charge in [-0.25, -0.2) is 4.98 Å². The summed E-state index contributed by atoms with van der Waals surface area (Å²) in [7, 11) is 0. The van der Waals surface area contributed by atoms with Gasteiger partial charge in [0.1, 0.15) is 5.82 Å². The van der Waals surface area contributed by atoms with Gasteiger partial charge in [0.05, 0.1) is 23.6 Å². The number of nitrogens with one attached hydrogen (secondary N) is 2. The van der Waals surface area contributed by atoms with Gasteiger partial charge in [0.2, 0.25) is 5.91 Å². The average molecular weight is 349 g/mol. The molecule has 2 aromatic carbocycles. The summed E-state index contributed by atoms with van der Waals surface area (Å²) >= 11 is 0. The molecule has 3 rings (SSSR count). The fourth-order valence-corrected chi connectivity index (χ4v) is 2.65. The van der Waals surface area contributed by atoms with Crippen molar-refractivity contribution in [2.24, 2.45) is 0 Å².